The van der Waals surface area contributed by atoms with Crippen LogP contribution in [0.25, 0.3) is 21.9 Å². The third-order valence-corrected chi connectivity index (χ3v) is 5.51. The Labute approximate surface area is 183 Å². The average Bonchev–Trinajstić information content (AvgIpc) is 2.78. The van der Waals surface area contributed by atoms with Crippen molar-refractivity contribution in [1.29, 1.82) is 0 Å². The molecule has 0 amide bonds. The minimum atomic E-state index is -1.05. The molecule has 0 aliphatic heterocycles. The molecule has 0 bridgehead atoms. The predicted octanol–water partition coefficient (Wildman–Crippen LogP) is 4.01. The van der Waals surface area contributed by atoms with Crippen molar-refractivity contribution in [2.24, 2.45) is 5.73 Å². The Hall–Kier alpha value is -2.90. The van der Waals surface area contributed by atoms with Crippen molar-refractivity contribution in [3.63, 3.8) is 0 Å². The van der Waals surface area contributed by atoms with E-state index in [1.54, 1.807) is 54.6 Å². The van der Waals surface area contributed by atoms with Crippen LogP contribution in [0, 0.1) is 0 Å². The van der Waals surface area contributed by atoms with Crippen LogP contribution >= 0.6 is 11.6 Å². The van der Waals surface area contributed by atoms with E-state index >= 15 is 0 Å². The molecule has 160 valence electrons. The second-order valence-corrected chi connectivity index (χ2v) is 8.09. The fourth-order valence-corrected chi connectivity index (χ4v) is 3.55. The number of halogens is 1. The number of aliphatic hydroxyl groups excluding tert-OH is 2. The molecule has 0 unspecified atom stereocenters. The summed E-state index contributed by atoms with van der Waals surface area (Å²) in [5.41, 5.74) is 6.50. The number of hydrogen-bond donors (Lipinski definition) is 3. The van der Waals surface area contributed by atoms with Crippen molar-refractivity contribution in [3.05, 3.63) is 81.5 Å². The summed E-state index contributed by atoms with van der Waals surface area (Å²) in [7, 11) is 0. The van der Waals surface area contributed by atoms with Crippen LogP contribution in [0.15, 0.2) is 69.9 Å². The van der Waals surface area contributed by atoms with Crippen LogP contribution in [0.4, 0.5) is 0 Å². The maximum absolute atomic E-state index is 13.0. The smallest absolute Gasteiger partial charge is 0.200 e. The lowest BCUT2D eigenvalue weighted by Gasteiger charge is -2.24. The van der Waals surface area contributed by atoms with E-state index in [4.69, 9.17) is 26.5 Å². The molecule has 7 heteroatoms. The molecular formula is C24H22ClNO5. The number of aliphatic hydroxyl groups is 2. The van der Waals surface area contributed by atoms with Crippen molar-refractivity contribution in [3.8, 4) is 11.5 Å². The van der Waals surface area contributed by atoms with Gasteiger partial charge in [0.1, 0.15) is 22.7 Å². The fourth-order valence-electron chi connectivity index (χ4n) is 3.37. The first-order valence-electron chi connectivity index (χ1n) is 9.84. The number of fused-ring (bicyclic) bond motifs is 2. The molecule has 0 saturated carbocycles. The number of hydrogen-bond acceptors (Lipinski definition) is 6. The van der Waals surface area contributed by atoms with Crippen LogP contribution in [0.2, 0.25) is 5.02 Å². The molecule has 4 rings (SSSR count). The van der Waals surface area contributed by atoms with E-state index < -0.39 is 5.54 Å². The van der Waals surface area contributed by atoms with Gasteiger partial charge in [-0.15, -0.1) is 0 Å². The van der Waals surface area contributed by atoms with E-state index in [0.717, 1.165) is 5.56 Å². The van der Waals surface area contributed by atoms with E-state index in [-0.39, 0.29) is 18.6 Å². The molecule has 0 atom stereocenters. The van der Waals surface area contributed by atoms with Gasteiger partial charge in [0, 0.05) is 11.1 Å². The topological polar surface area (TPSA) is 106 Å². The normalized spacial score (nSPS) is 11.9. The SMILES string of the molecule is NC(CO)(CO)CCc1ccc2oc3cc(Oc4cccc(Cl)c4)ccc3c(=O)c2c1. The van der Waals surface area contributed by atoms with E-state index in [1.165, 1.54) is 0 Å². The van der Waals surface area contributed by atoms with E-state index in [0.29, 0.717) is 51.3 Å². The Bertz CT molecular complexity index is 1300. The highest BCUT2D eigenvalue weighted by atomic mass is 35.5. The first-order chi connectivity index (χ1) is 14.9. The van der Waals surface area contributed by atoms with Crippen molar-refractivity contribution < 1.29 is 19.4 Å². The van der Waals surface area contributed by atoms with E-state index in [9.17, 15) is 15.0 Å². The Morgan fingerprint density at radius 1 is 0.935 bits per heavy atom. The van der Waals surface area contributed by atoms with Crippen LogP contribution in [0.1, 0.15) is 12.0 Å². The highest BCUT2D eigenvalue weighted by molar-refractivity contribution is 6.30. The fraction of sp³-hybridized carbons (Fsp3) is 0.208. The summed E-state index contributed by atoms with van der Waals surface area (Å²) >= 11 is 6.00. The van der Waals surface area contributed by atoms with Crippen molar-refractivity contribution in [2.75, 3.05) is 13.2 Å². The second-order valence-electron chi connectivity index (χ2n) is 7.66. The van der Waals surface area contributed by atoms with E-state index in [2.05, 4.69) is 0 Å². The third-order valence-electron chi connectivity index (χ3n) is 5.28. The molecule has 1 aromatic heterocycles. The minimum Gasteiger partial charge on any atom is -0.457 e. The van der Waals surface area contributed by atoms with Gasteiger partial charge in [-0.3, -0.25) is 4.79 Å². The molecule has 0 spiro atoms. The number of nitrogens with two attached hydrogens (primary N) is 1. The zero-order chi connectivity index (χ0) is 22.0. The predicted molar refractivity (Wildman–Crippen MR) is 121 cm³/mol. The molecule has 0 aliphatic carbocycles. The molecule has 0 radical (unpaired) electrons. The van der Waals surface area contributed by atoms with Gasteiger partial charge in [0.05, 0.1) is 29.5 Å². The molecule has 0 aliphatic rings. The summed E-state index contributed by atoms with van der Waals surface area (Å²) in [6.45, 7) is -0.632. The molecule has 4 aromatic rings. The Morgan fingerprint density at radius 3 is 2.45 bits per heavy atom. The van der Waals surface area contributed by atoms with Crippen molar-refractivity contribution in [1.82, 2.24) is 0 Å². The Balaban J connectivity index is 1.66. The van der Waals surface area contributed by atoms with Crippen LogP contribution < -0.4 is 15.9 Å². The lowest BCUT2D eigenvalue weighted by atomic mass is 9.93. The molecule has 31 heavy (non-hydrogen) atoms. The molecule has 6 nitrogen and oxygen atoms in total. The average molecular weight is 440 g/mol. The zero-order valence-corrected chi connectivity index (χ0v) is 17.4. The Kier molecular flexibility index (Phi) is 5.98. The number of benzene rings is 3. The van der Waals surface area contributed by atoms with Gasteiger partial charge in [-0.05, 0) is 60.9 Å². The summed E-state index contributed by atoms with van der Waals surface area (Å²) in [5, 5.41) is 20.2. The van der Waals surface area contributed by atoms with Crippen LogP contribution in [-0.2, 0) is 6.42 Å². The van der Waals surface area contributed by atoms with Crippen molar-refractivity contribution in [2.45, 2.75) is 18.4 Å². The summed E-state index contributed by atoms with van der Waals surface area (Å²) < 4.78 is 11.8. The maximum Gasteiger partial charge on any atom is 0.200 e. The zero-order valence-electron chi connectivity index (χ0n) is 16.7. The molecule has 0 saturated heterocycles. The minimum absolute atomic E-state index is 0.143. The standard InChI is InChI=1S/C24H22ClNO5/c25-16-2-1-3-17(11-16)30-18-5-6-19-22(12-18)31-21-7-4-15(10-20(21)23(19)29)8-9-24(26,13-27)14-28/h1-7,10-12,27-28H,8-9,13-14,26H2. The van der Waals surface area contributed by atoms with Crippen LogP contribution in [-0.4, -0.2) is 29.0 Å². The number of rotatable bonds is 7. The van der Waals surface area contributed by atoms with Gasteiger partial charge in [0.2, 0.25) is 5.43 Å². The van der Waals surface area contributed by atoms with Gasteiger partial charge in [0.15, 0.2) is 0 Å². The molecule has 3 aromatic carbocycles. The highest BCUT2D eigenvalue weighted by Gasteiger charge is 2.22. The quantitative estimate of drug-likeness (QED) is 0.376. The monoisotopic (exact) mass is 439 g/mol. The number of aryl methyl sites for hydroxylation is 1. The Morgan fingerprint density at radius 2 is 1.71 bits per heavy atom. The largest absolute Gasteiger partial charge is 0.457 e. The van der Waals surface area contributed by atoms with Crippen molar-refractivity contribution >= 4 is 33.5 Å². The summed E-state index contributed by atoms with van der Waals surface area (Å²) in [6.07, 6.45) is 0.895. The second kappa shape index (κ2) is 8.69. The maximum atomic E-state index is 13.0. The highest BCUT2D eigenvalue weighted by Crippen LogP contribution is 2.28. The van der Waals surface area contributed by atoms with Gasteiger partial charge < -0.3 is 25.1 Å². The molecule has 0 fully saturated rings. The van der Waals surface area contributed by atoms with Gasteiger partial charge in [-0.25, -0.2) is 0 Å². The number of ether oxygens (including phenoxy) is 1. The van der Waals surface area contributed by atoms with E-state index in [1.807, 2.05) is 6.07 Å². The van der Waals surface area contributed by atoms with Gasteiger partial charge in [0.25, 0.3) is 0 Å². The van der Waals surface area contributed by atoms with Gasteiger partial charge >= 0.3 is 0 Å². The molecule has 1 heterocycles. The summed E-state index contributed by atoms with van der Waals surface area (Å²) in [6, 6.07) is 17.5. The third kappa shape index (κ3) is 4.57. The van der Waals surface area contributed by atoms with Gasteiger partial charge in [-0.2, -0.15) is 0 Å². The first kappa shape index (κ1) is 21.3. The van der Waals surface area contributed by atoms with Gasteiger partial charge in [-0.1, -0.05) is 23.7 Å². The molecule has 4 N–H and O–H groups in total. The van der Waals surface area contributed by atoms with Crippen LogP contribution in [0.3, 0.4) is 0 Å². The summed E-state index contributed by atoms with van der Waals surface area (Å²) in [5.74, 6) is 1.11. The lowest BCUT2D eigenvalue weighted by Crippen LogP contribution is -2.47. The summed E-state index contributed by atoms with van der Waals surface area (Å²) in [4.78, 5) is 13.0. The van der Waals surface area contributed by atoms with Crippen LogP contribution in [0.5, 0.6) is 11.5 Å². The first-order valence-corrected chi connectivity index (χ1v) is 10.2. The molecular weight excluding hydrogens is 418 g/mol. The lowest BCUT2D eigenvalue weighted by molar-refractivity contribution is 0.115.